The van der Waals surface area contributed by atoms with E-state index in [1.807, 2.05) is 0 Å². The van der Waals surface area contributed by atoms with E-state index in [1.165, 1.54) is 6.07 Å². The van der Waals surface area contributed by atoms with Gasteiger partial charge in [-0.1, -0.05) is 15.9 Å². The zero-order valence-corrected chi connectivity index (χ0v) is 12.2. The molecule has 1 N–H and O–H groups in total. The molecular formula is C12H9BrF3N3O2. The van der Waals surface area contributed by atoms with Crippen molar-refractivity contribution in [1.29, 1.82) is 0 Å². The van der Waals surface area contributed by atoms with Crippen LogP contribution in [-0.4, -0.2) is 27.8 Å². The van der Waals surface area contributed by atoms with E-state index in [0.29, 0.717) is 4.47 Å². The minimum absolute atomic E-state index is 0.0315. The number of carbonyl (C=O) groups is 1. The van der Waals surface area contributed by atoms with Crippen LogP contribution in [0.25, 0.3) is 11.4 Å². The Hall–Kier alpha value is -1.90. The summed E-state index contributed by atoms with van der Waals surface area (Å²) in [5, 5.41) is 6.08. The lowest BCUT2D eigenvalue weighted by Crippen LogP contribution is -2.06. The van der Waals surface area contributed by atoms with Gasteiger partial charge in [0, 0.05) is 10.0 Å². The van der Waals surface area contributed by atoms with Gasteiger partial charge in [-0.05, 0) is 25.1 Å². The summed E-state index contributed by atoms with van der Waals surface area (Å²) < 4.78 is 43.2. The molecule has 0 radical (unpaired) electrons. The Labute approximate surface area is 125 Å². The number of halogens is 4. The Kier molecular flexibility index (Phi) is 4.31. The van der Waals surface area contributed by atoms with E-state index in [-0.39, 0.29) is 23.8 Å². The molecule has 0 bridgehead atoms. The summed E-state index contributed by atoms with van der Waals surface area (Å²) in [4.78, 5) is 15.3. The number of esters is 1. The van der Waals surface area contributed by atoms with Crippen LogP contribution in [0.2, 0.25) is 0 Å². The van der Waals surface area contributed by atoms with Gasteiger partial charge in [0.2, 0.25) is 5.82 Å². The summed E-state index contributed by atoms with van der Waals surface area (Å²) >= 11 is 3.13. The smallest absolute Gasteiger partial charge is 0.416 e. The van der Waals surface area contributed by atoms with E-state index in [4.69, 9.17) is 4.74 Å². The van der Waals surface area contributed by atoms with E-state index in [2.05, 4.69) is 31.1 Å². The van der Waals surface area contributed by atoms with Gasteiger partial charge in [0.25, 0.3) is 0 Å². The zero-order chi connectivity index (χ0) is 15.6. The number of hydrogen-bond donors (Lipinski definition) is 1. The van der Waals surface area contributed by atoms with Crippen molar-refractivity contribution in [3.8, 4) is 11.4 Å². The van der Waals surface area contributed by atoms with Gasteiger partial charge in [0.05, 0.1) is 12.2 Å². The standard InChI is InChI=1S/C12H9BrF3N3O2/c1-2-21-11(20)10-17-9(18-19-10)7-5-6(12(14,15)16)3-4-8(7)13/h3-5H,2H2,1H3,(H,17,18,19). The summed E-state index contributed by atoms with van der Waals surface area (Å²) in [6.07, 6.45) is -4.48. The van der Waals surface area contributed by atoms with Crippen molar-refractivity contribution in [1.82, 2.24) is 15.2 Å². The number of benzene rings is 1. The lowest BCUT2D eigenvalue weighted by molar-refractivity contribution is -0.137. The number of nitrogens with one attached hydrogen (secondary N) is 1. The molecule has 0 fully saturated rings. The highest BCUT2D eigenvalue weighted by molar-refractivity contribution is 9.10. The number of ether oxygens (including phenoxy) is 1. The van der Waals surface area contributed by atoms with Crippen molar-refractivity contribution in [2.24, 2.45) is 0 Å². The topological polar surface area (TPSA) is 67.9 Å². The molecule has 9 heteroatoms. The predicted octanol–water partition coefficient (Wildman–Crippen LogP) is 3.43. The minimum Gasteiger partial charge on any atom is -0.460 e. The van der Waals surface area contributed by atoms with Crippen LogP contribution >= 0.6 is 15.9 Å². The Morgan fingerprint density at radius 2 is 2.14 bits per heavy atom. The van der Waals surface area contributed by atoms with Crippen LogP contribution in [0.15, 0.2) is 22.7 Å². The molecule has 1 aromatic heterocycles. The fourth-order valence-corrected chi connectivity index (χ4v) is 1.97. The van der Waals surface area contributed by atoms with Crippen molar-refractivity contribution in [2.75, 3.05) is 6.61 Å². The predicted molar refractivity (Wildman–Crippen MR) is 70.5 cm³/mol. The highest BCUT2D eigenvalue weighted by atomic mass is 79.9. The molecule has 112 valence electrons. The maximum atomic E-state index is 12.7. The SMILES string of the molecule is CCOC(=O)c1nc(-c2cc(C(F)(F)F)ccc2Br)n[nH]1. The molecule has 0 spiro atoms. The highest BCUT2D eigenvalue weighted by Crippen LogP contribution is 2.34. The normalized spacial score (nSPS) is 11.5. The second kappa shape index (κ2) is 5.84. The third kappa shape index (κ3) is 3.41. The fourth-order valence-electron chi connectivity index (χ4n) is 1.55. The van der Waals surface area contributed by atoms with E-state index in [1.54, 1.807) is 6.92 Å². The minimum atomic E-state index is -4.48. The highest BCUT2D eigenvalue weighted by Gasteiger charge is 2.31. The number of H-pyrrole nitrogens is 1. The van der Waals surface area contributed by atoms with Crippen LogP contribution in [0, 0.1) is 0 Å². The first-order valence-electron chi connectivity index (χ1n) is 5.79. The van der Waals surface area contributed by atoms with E-state index < -0.39 is 17.7 Å². The van der Waals surface area contributed by atoms with Gasteiger partial charge in [0.15, 0.2) is 5.82 Å². The van der Waals surface area contributed by atoms with Crippen LogP contribution in [-0.2, 0) is 10.9 Å². The third-order valence-corrected chi connectivity index (χ3v) is 3.18. The summed E-state index contributed by atoms with van der Waals surface area (Å²) in [7, 11) is 0. The quantitative estimate of drug-likeness (QED) is 0.848. The van der Waals surface area contributed by atoms with Crippen molar-refractivity contribution >= 4 is 21.9 Å². The van der Waals surface area contributed by atoms with Crippen LogP contribution in [0.5, 0.6) is 0 Å². The number of aromatic nitrogens is 3. The molecular weight excluding hydrogens is 355 g/mol. The molecule has 1 heterocycles. The number of rotatable bonds is 3. The first kappa shape index (κ1) is 15.5. The molecule has 0 atom stereocenters. The van der Waals surface area contributed by atoms with Gasteiger partial charge >= 0.3 is 12.1 Å². The van der Waals surface area contributed by atoms with E-state index >= 15 is 0 Å². The van der Waals surface area contributed by atoms with E-state index in [9.17, 15) is 18.0 Å². The summed E-state index contributed by atoms with van der Waals surface area (Å²) in [6.45, 7) is 1.78. The van der Waals surface area contributed by atoms with Crippen LogP contribution in [0.1, 0.15) is 23.1 Å². The molecule has 1 aromatic carbocycles. The fraction of sp³-hybridized carbons (Fsp3) is 0.250. The van der Waals surface area contributed by atoms with Crippen LogP contribution in [0.3, 0.4) is 0 Å². The maximum Gasteiger partial charge on any atom is 0.416 e. The second-order valence-corrected chi connectivity index (χ2v) is 4.77. The van der Waals surface area contributed by atoms with Gasteiger partial charge in [0.1, 0.15) is 0 Å². The van der Waals surface area contributed by atoms with Gasteiger partial charge in [-0.3, -0.25) is 5.10 Å². The first-order valence-corrected chi connectivity index (χ1v) is 6.59. The third-order valence-electron chi connectivity index (χ3n) is 2.49. The Bertz CT molecular complexity index is 670. The molecule has 21 heavy (non-hydrogen) atoms. The number of carbonyl (C=O) groups excluding carboxylic acids is 1. The zero-order valence-electron chi connectivity index (χ0n) is 10.7. The Morgan fingerprint density at radius 1 is 1.43 bits per heavy atom. The number of alkyl halides is 3. The molecule has 0 amide bonds. The summed E-state index contributed by atoms with van der Waals surface area (Å²) in [5.41, 5.74) is -0.709. The lowest BCUT2D eigenvalue weighted by Gasteiger charge is -2.08. The van der Waals surface area contributed by atoms with Crippen molar-refractivity contribution in [3.05, 3.63) is 34.1 Å². The number of hydrogen-bond acceptors (Lipinski definition) is 4. The molecule has 0 saturated carbocycles. The molecule has 0 aliphatic heterocycles. The Morgan fingerprint density at radius 3 is 2.76 bits per heavy atom. The lowest BCUT2D eigenvalue weighted by atomic mass is 10.1. The number of nitrogens with zero attached hydrogens (tertiary/aromatic N) is 2. The molecule has 2 rings (SSSR count). The Balaban J connectivity index is 2.40. The van der Waals surface area contributed by atoms with Crippen molar-refractivity contribution < 1.29 is 22.7 Å². The largest absolute Gasteiger partial charge is 0.460 e. The van der Waals surface area contributed by atoms with Crippen LogP contribution in [0.4, 0.5) is 13.2 Å². The van der Waals surface area contributed by atoms with Gasteiger partial charge in [-0.2, -0.15) is 18.3 Å². The van der Waals surface area contributed by atoms with Gasteiger partial charge in [-0.25, -0.2) is 9.78 Å². The molecule has 5 nitrogen and oxygen atoms in total. The van der Waals surface area contributed by atoms with Gasteiger partial charge in [-0.15, -0.1) is 0 Å². The summed E-state index contributed by atoms with van der Waals surface area (Å²) in [5.74, 6) is -0.925. The molecule has 0 aliphatic carbocycles. The average Bonchev–Trinajstić information content (AvgIpc) is 2.87. The van der Waals surface area contributed by atoms with Crippen molar-refractivity contribution in [3.63, 3.8) is 0 Å². The first-order chi connectivity index (χ1) is 9.82. The monoisotopic (exact) mass is 363 g/mol. The number of aromatic amines is 1. The second-order valence-electron chi connectivity index (χ2n) is 3.92. The van der Waals surface area contributed by atoms with E-state index in [0.717, 1.165) is 12.1 Å². The van der Waals surface area contributed by atoms with Crippen LogP contribution < -0.4 is 0 Å². The van der Waals surface area contributed by atoms with Crippen molar-refractivity contribution in [2.45, 2.75) is 13.1 Å². The molecule has 0 aliphatic rings. The summed E-state index contributed by atoms with van der Waals surface area (Å²) in [6, 6.07) is 3.09. The van der Waals surface area contributed by atoms with Gasteiger partial charge < -0.3 is 4.74 Å². The molecule has 0 unspecified atom stereocenters. The molecule has 2 aromatic rings. The molecule has 0 saturated heterocycles. The maximum absolute atomic E-state index is 12.7. The average molecular weight is 364 g/mol.